The minimum atomic E-state index is -0.0764. The first-order valence-corrected chi connectivity index (χ1v) is 28.0. The predicted molar refractivity (Wildman–Crippen MR) is 318 cm³/mol. The summed E-state index contributed by atoms with van der Waals surface area (Å²) in [6, 6.07) is 63.9. The number of benzene rings is 8. The molecule has 0 saturated carbocycles. The zero-order valence-corrected chi connectivity index (χ0v) is 48.5. The van der Waals surface area contributed by atoms with Gasteiger partial charge < -0.3 is 0 Å². The van der Waals surface area contributed by atoms with E-state index in [9.17, 15) is 0 Å². The van der Waals surface area contributed by atoms with Gasteiger partial charge in [-0.3, -0.25) is 0 Å². The molecule has 0 fully saturated rings. The van der Waals surface area contributed by atoms with E-state index in [1.807, 2.05) is 12.3 Å². The Morgan fingerprint density at radius 2 is 0.974 bits per heavy atom. The van der Waals surface area contributed by atoms with E-state index in [0.717, 1.165) is 92.5 Å². The zero-order chi connectivity index (χ0) is 53.9. The van der Waals surface area contributed by atoms with Gasteiger partial charge in [-0.25, -0.2) is 0 Å². The molecule has 0 spiro atoms. The van der Waals surface area contributed by atoms with Crippen molar-refractivity contribution in [2.45, 2.75) is 105 Å². The van der Waals surface area contributed by atoms with Crippen LogP contribution >= 0.6 is 0 Å². The van der Waals surface area contributed by atoms with Gasteiger partial charge >= 0.3 is 409 Å². The van der Waals surface area contributed by atoms with E-state index < -0.39 is 0 Å². The second-order valence-electron chi connectivity index (χ2n) is 24.9. The first-order chi connectivity index (χ1) is 36.6. The molecule has 12 rings (SSSR count). The number of hydrogen-bond donors (Lipinski definition) is 0. The molecule has 0 saturated heterocycles. The van der Waals surface area contributed by atoms with Crippen molar-refractivity contribution in [3.05, 3.63) is 208 Å². The number of nitrogens with zero attached hydrogens (tertiary/aromatic N) is 4. The minimum absolute atomic E-state index is 0.0400. The van der Waals surface area contributed by atoms with Crippen LogP contribution in [0.2, 0.25) is 0 Å². The van der Waals surface area contributed by atoms with Gasteiger partial charge in [-0.05, 0) is 17.0 Å². The van der Waals surface area contributed by atoms with E-state index >= 15 is 0 Å². The average Bonchev–Trinajstić information content (AvgIpc) is 4.09. The summed E-state index contributed by atoms with van der Waals surface area (Å²) in [5.41, 5.74) is 17.3. The standard InChI is InChI=1S/C70H66N4O2.Pt/c1-67(2,3)46-21-17-20-44(36-46)52-24-18-25-53(45-37-48(69(7,8)9)39-49(38-45)70(10,11)12)65(52)72-43-73-61-42-51(31-33-63(61)76-62-29-16-14-23-56(62)57-26-19-28-59(72)66(57)73)75-50-30-32-55-54-22-13-15-27-58(54)74(60(55)41-50)64-40-47(34-35-71-64)68(4,5)6;/h13-42H,1-12H3;. The molecule has 0 bridgehead atoms. The normalized spacial score (nSPS) is 12.8. The number of aromatic nitrogens is 4. The molecule has 6 nitrogen and oxygen atoms in total. The van der Waals surface area contributed by atoms with Gasteiger partial charge in [0.1, 0.15) is 0 Å². The Morgan fingerprint density at radius 1 is 0.416 bits per heavy atom. The molecule has 4 heterocycles. The zero-order valence-electron chi connectivity index (χ0n) is 46.2. The summed E-state index contributed by atoms with van der Waals surface area (Å²) in [6.07, 6.45) is 1.92. The molecule has 0 aliphatic rings. The molecule has 0 aliphatic carbocycles. The van der Waals surface area contributed by atoms with Crippen molar-refractivity contribution >= 4 is 60.3 Å². The molecular formula is C70H66N4O2Pt. The van der Waals surface area contributed by atoms with Crippen molar-refractivity contribution < 1.29 is 28.5 Å². The quantitative estimate of drug-likeness (QED) is 0.167. The third-order valence-electron chi connectivity index (χ3n) is 15.4. The maximum absolute atomic E-state index is 7.06. The molecule has 0 N–H and O–H groups in total. The van der Waals surface area contributed by atoms with Crippen LogP contribution in [0.4, 0.5) is 0 Å². The van der Waals surface area contributed by atoms with E-state index in [1.165, 1.54) is 33.4 Å². The fourth-order valence-corrected chi connectivity index (χ4v) is 12.1. The van der Waals surface area contributed by atoms with Gasteiger partial charge in [0.25, 0.3) is 0 Å². The van der Waals surface area contributed by atoms with Crippen LogP contribution in [0.3, 0.4) is 0 Å². The fourth-order valence-electron chi connectivity index (χ4n) is 11.0. The Morgan fingerprint density at radius 3 is 1.69 bits per heavy atom. The van der Waals surface area contributed by atoms with Gasteiger partial charge in [-0.1, -0.05) is 32.9 Å². The van der Waals surface area contributed by atoms with Crippen molar-refractivity contribution in [3.63, 3.8) is 0 Å². The molecule has 8 aromatic carbocycles. The fraction of sp³-hybridized carbons (Fsp3) is 0.229. The van der Waals surface area contributed by atoms with Gasteiger partial charge in [-0.2, -0.15) is 0 Å². The van der Waals surface area contributed by atoms with Gasteiger partial charge in [0.2, 0.25) is 0 Å². The third-order valence-corrected chi connectivity index (χ3v) is 16.4. The summed E-state index contributed by atoms with van der Waals surface area (Å²) in [7, 11) is 0. The van der Waals surface area contributed by atoms with Crippen molar-refractivity contribution in [1.29, 1.82) is 0 Å². The van der Waals surface area contributed by atoms with E-state index in [-0.39, 0.29) is 21.7 Å². The second kappa shape index (κ2) is 18.3. The SMILES string of the molecule is CC(C)(C)c1cccc(-c2cccc(-c3cc(C(C)(C)C)cc(C(C)(C)C)c3)c2-n2[c](=[Pt])n3c4cc(Oc5ccc6c7ccccc7n(-c7cc(C(C)(C)C)ccn7)c6c5)ccc4oc4ccccc4c4cccc2c43)c1. The number of ether oxygens (including phenoxy) is 1. The summed E-state index contributed by atoms with van der Waals surface area (Å²) in [6.45, 7) is 27.5. The Kier molecular flexibility index (Phi) is 12.0. The number of hydrogen-bond acceptors (Lipinski definition) is 3. The Hall–Kier alpha value is -7.53. The molecule has 0 amide bonds. The Bertz CT molecular complexity index is 4410. The van der Waals surface area contributed by atoms with Crippen molar-refractivity contribution in [1.82, 2.24) is 18.5 Å². The maximum atomic E-state index is 7.06. The van der Waals surface area contributed by atoms with Gasteiger partial charge in [0, 0.05) is 6.20 Å². The second-order valence-corrected chi connectivity index (χ2v) is 25.9. The summed E-state index contributed by atoms with van der Waals surface area (Å²) in [5.74, 6) is 2.28. The Labute approximate surface area is 462 Å². The number of rotatable bonds is 6. The van der Waals surface area contributed by atoms with Crippen LogP contribution in [0.5, 0.6) is 11.5 Å². The van der Waals surface area contributed by atoms with Crippen LogP contribution in [-0.2, 0) is 41.0 Å². The Balaban J connectivity index is 1.14. The van der Waals surface area contributed by atoms with Crippen molar-refractivity contribution in [2.75, 3.05) is 0 Å². The third kappa shape index (κ3) is 8.89. The number of pyridine rings is 1. The summed E-state index contributed by atoms with van der Waals surface area (Å²) in [4.78, 5) is 4.95. The molecule has 0 unspecified atom stereocenters. The van der Waals surface area contributed by atoms with Crippen LogP contribution in [0.25, 0.3) is 94.1 Å². The molecule has 4 aromatic heterocycles. The summed E-state index contributed by atoms with van der Waals surface area (Å²) in [5, 5.41) is 4.40. The molecule has 12 aromatic rings. The number of imidazole rings is 1. The molecule has 77 heavy (non-hydrogen) atoms. The van der Waals surface area contributed by atoms with E-state index in [2.05, 4.69) is 286 Å². The van der Waals surface area contributed by atoms with Crippen molar-refractivity contribution in [2.24, 2.45) is 0 Å². The van der Waals surface area contributed by atoms with E-state index in [4.69, 9.17) is 14.1 Å². The molecule has 0 atom stereocenters. The monoisotopic (exact) mass is 1190 g/mol. The molecule has 0 aliphatic heterocycles. The average molecular weight is 1190 g/mol. The molecule has 388 valence electrons. The first-order valence-electron chi connectivity index (χ1n) is 26.8. The van der Waals surface area contributed by atoms with Crippen LogP contribution in [0.1, 0.15) is 105 Å². The summed E-state index contributed by atoms with van der Waals surface area (Å²) >= 11 is 2.57. The van der Waals surface area contributed by atoms with Crippen molar-refractivity contribution in [3.8, 4) is 45.3 Å². The number of para-hydroxylation sites is 4. The predicted octanol–water partition coefficient (Wildman–Crippen LogP) is 19.2. The summed E-state index contributed by atoms with van der Waals surface area (Å²) < 4.78 is 22.2. The van der Waals surface area contributed by atoms with Gasteiger partial charge in [0.05, 0.1) is 0 Å². The van der Waals surface area contributed by atoms with E-state index in [1.54, 1.807) is 0 Å². The molecule has 7 heteroatoms. The topological polar surface area (TPSA) is 49.5 Å². The van der Waals surface area contributed by atoms with Crippen LogP contribution in [0, 0.1) is 3.80 Å². The van der Waals surface area contributed by atoms with Crippen LogP contribution in [0.15, 0.2) is 187 Å². The molecule has 0 radical (unpaired) electrons. The first kappa shape index (κ1) is 50.3. The van der Waals surface area contributed by atoms with Gasteiger partial charge in [-0.15, -0.1) is 0 Å². The number of fused-ring (bicyclic) bond motifs is 7. The van der Waals surface area contributed by atoms with Crippen LogP contribution < -0.4 is 4.74 Å². The van der Waals surface area contributed by atoms with Gasteiger partial charge in [0.15, 0.2) is 0 Å². The van der Waals surface area contributed by atoms with Crippen LogP contribution in [-0.4, -0.2) is 18.5 Å². The van der Waals surface area contributed by atoms with E-state index in [0.29, 0.717) is 5.75 Å². The molecular weight excluding hydrogens is 1120 g/mol.